The summed E-state index contributed by atoms with van der Waals surface area (Å²) in [5.74, 6) is 0.434. The number of aromatic nitrogens is 2. The van der Waals surface area contributed by atoms with Crippen LogP contribution in [-0.2, 0) is 6.61 Å². The molecule has 3 heterocycles. The number of fused-ring (bicyclic) bond motifs is 3. The summed E-state index contributed by atoms with van der Waals surface area (Å²) in [4.78, 5) is 15.2. The molecule has 0 saturated heterocycles. The van der Waals surface area contributed by atoms with Crippen LogP contribution in [0.15, 0.2) is 29.0 Å². The van der Waals surface area contributed by atoms with Gasteiger partial charge in [-0.2, -0.15) is 16.4 Å². The number of ether oxygens (including phenoxy) is 2. The lowest BCUT2D eigenvalue weighted by molar-refractivity contribution is 0.0294. The van der Waals surface area contributed by atoms with Gasteiger partial charge in [0.1, 0.15) is 18.1 Å². The number of aliphatic hydroxyl groups is 2. The average Bonchev–Trinajstić information content (AvgIpc) is 3.48. The maximum atomic E-state index is 13.5. The monoisotopic (exact) mass is 499 g/mol. The highest BCUT2D eigenvalue weighted by Crippen LogP contribution is 2.46. The normalized spacial score (nSPS) is 15.5. The zero-order valence-electron chi connectivity index (χ0n) is 21.2. The van der Waals surface area contributed by atoms with Crippen molar-refractivity contribution in [3.05, 3.63) is 45.8 Å². The van der Waals surface area contributed by atoms with Crippen molar-refractivity contribution in [2.24, 2.45) is 5.92 Å². The minimum atomic E-state index is -0.966. The first-order chi connectivity index (χ1) is 16.5. The van der Waals surface area contributed by atoms with Crippen molar-refractivity contribution < 1.29 is 24.5 Å². The standard InChI is InChI=1S/C26H33N3O5S/c1-14(15(2)30)24(31)18-10-17-21(11-20(18)33-7)34-12-19-22(25(32)28(6)26(3,4)5)27-29(23(17)19)16-8-9-35-13-16/h8-11,13-15,24,30-31H,12H2,1-7H3. The molecule has 8 nitrogen and oxygen atoms in total. The summed E-state index contributed by atoms with van der Waals surface area (Å²) in [7, 11) is 3.31. The van der Waals surface area contributed by atoms with Crippen LogP contribution in [-0.4, -0.2) is 56.6 Å². The number of hydrogen-bond donors (Lipinski definition) is 2. The third-order valence-corrected chi connectivity index (χ3v) is 7.46. The van der Waals surface area contributed by atoms with Crippen LogP contribution in [0.3, 0.4) is 0 Å². The molecule has 9 heteroatoms. The summed E-state index contributed by atoms with van der Waals surface area (Å²) >= 11 is 1.54. The molecule has 4 rings (SSSR count). The average molecular weight is 500 g/mol. The lowest BCUT2D eigenvalue weighted by Gasteiger charge is -2.31. The van der Waals surface area contributed by atoms with Crippen LogP contribution in [0.25, 0.3) is 16.9 Å². The summed E-state index contributed by atoms with van der Waals surface area (Å²) in [6.07, 6.45) is -1.68. The van der Waals surface area contributed by atoms with Crippen LogP contribution in [0.4, 0.5) is 0 Å². The summed E-state index contributed by atoms with van der Waals surface area (Å²) in [5.41, 5.74) is 3.47. The van der Waals surface area contributed by atoms with Crippen LogP contribution in [0.5, 0.6) is 11.5 Å². The number of methoxy groups -OCH3 is 1. The second kappa shape index (κ2) is 9.29. The van der Waals surface area contributed by atoms with Gasteiger partial charge in [-0.1, -0.05) is 6.92 Å². The van der Waals surface area contributed by atoms with E-state index in [0.717, 1.165) is 11.4 Å². The smallest absolute Gasteiger partial charge is 0.274 e. The highest BCUT2D eigenvalue weighted by Gasteiger charge is 2.35. The molecular weight excluding hydrogens is 466 g/mol. The number of carbonyl (C=O) groups is 1. The first kappa shape index (κ1) is 25.2. The van der Waals surface area contributed by atoms with Crippen LogP contribution in [0, 0.1) is 5.92 Å². The van der Waals surface area contributed by atoms with E-state index in [1.165, 1.54) is 7.11 Å². The van der Waals surface area contributed by atoms with E-state index >= 15 is 0 Å². The minimum Gasteiger partial charge on any atom is -0.496 e. The van der Waals surface area contributed by atoms with Gasteiger partial charge < -0.3 is 24.6 Å². The van der Waals surface area contributed by atoms with Crippen molar-refractivity contribution in [3.63, 3.8) is 0 Å². The molecule has 188 valence electrons. The Kier molecular flexibility index (Phi) is 6.70. The molecule has 35 heavy (non-hydrogen) atoms. The van der Waals surface area contributed by atoms with Gasteiger partial charge in [0.05, 0.1) is 30.7 Å². The number of carbonyl (C=O) groups excluding carboxylic acids is 1. The number of amides is 1. The molecule has 2 N–H and O–H groups in total. The molecule has 0 radical (unpaired) electrons. The Labute approximate surface area is 209 Å². The second-order valence-corrected chi connectivity index (χ2v) is 10.8. The minimum absolute atomic E-state index is 0.181. The van der Waals surface area contributed by atoms with Crippen molar-refractivity contribution in [1.82, 2.24) is 14.7 Å². The van der Waals surface area contributed by atoms with E-state index in [0.29, 0.717) is 33.9 Å². The fourth-order valence-electron chi connectivity index (χ4n) is 4.05. The molecular formula is C26H33N3O5S. The van der Waals surface area contributed by atoms with Crippen molar-refractivity contribution in [1.29, 1.82) is 0 Å². The second-order valence-electron chi connectivity index (χ2n) is 10.0. The van der Waals surface area contributed by atoms with Gasteiger partial charge in [-0.15, -0.1) is 0 Å². The number of nitrogens with zero attached hydrogens (tertiary/aromatic N) is 3. The predicted octanol–water partition coefficient (Wildman–Crippen LogP) is 4.42. The topological polar surface area (TPSA) is 97.0 Å². The first-order valence-corrected chi connectivity index (χ1v) is 12.5. The molecule has 0 bridgehead atoms. The zero-order valence-corrected chi connectivity index (χ0v) is 22.0. The largest absolute Gasteiger partial charge is 0.496 e. The van der Waals surface area contributed by atoms with Crippen LogP contribution in [0.2, 0.25) is 0 Å². The molecule has 3 atom stereocenters. The molecule has 1 aromatic carbocycles. The van der Waals surface area contributed by atoms with Crippen molar-refractivity contribution in [2.45, 2.75) is 59.0 Å². The maximum absolute atomic E-state index is 13.5. The van der Waals surface area contributed by atoms with Crippen LogP contribution >= 0.6 is 11.3 Å². The highest BCUT2D eigenvalue weighted by atomic mass is 32.1. The fourth-order valence-corrected chi connectivity index (χ4v) is 4.67. The maximum Gasteiger partial charge on any atom is 0.274 e. The number of hydrogen-bond acceptors (Lipinski definition) is 7. The summed E-state index contributed by atoms with van der Waals surface area (Å²) in [5, 5.41) is 29.8. The zero-order chi connectivity index (χ0) is 25.7. The quantitative estimate of drug-likeness (QED) is 0.521. The van der Waals surface area contributed by atoms with Gasteiger partial charge in [0.2, 0.25) is 0 Å². The fraction of sp³-hybridized carbons (Fsp3) is 0.462. The van der Waals surface area contributed by atoms with E-state index in [9.17, 15) is 15.0 Å². The number of rotatable bonds is 6. The molecule has 2 aromatic heterocycles. The molecule has 0 aliphatic carbocycles. The highest BCUT2D eigenvalue weighted by molar-refractivity contribution is 7.08. The SMILES string of the molecule is COc1cc2c(cc1C(O)C(C)C(C)O)-c1c(c(C(=O)N(C)C(C)(C)C)nn1-c1ccsc1)CO2. The van der Waals surface area contributed by atoms with Gasteiger partial charge in [-0.05, 0) is 45.2 Å². The Morgan fingerprint density at radius 2 is 2.00 bits per heavy atom. The van der Waals surface area contributed by atoms with Crippen LogP contribution in [0.1, 0.15) is 62.3 Å². The van der Waals surface area contributed by atoms with E-state index in [1.54, 1.807) is 47.9 Å². The Morgan fingerprint density at radius 1 is 1.29 bits per heavy atom. The third kappa shape index (κ3) is 4.44. The Balaban J connectivity index is 1.94. The molecule has 3 unspecified atom stereocenters. The Morgan fingerprint density at radius 3 is 2.57 bits per heavy atom. The third-order valence-electron chi connectivity index (χ3n) is 6.78. The van der Waals surface area contributed by atoms with E-state index in [1.807, 2.05) is 43.7 Å². The number of aliphatic hydroxyl groups excluding tert-OH is 2. The van der Waals surface area contributed by atoms with Gasteiger partial charge in [0.25, 0.3) is 5.91 Å². The van der Waals surface area contributed by atoms with Gasteiger partial charge in [0.15, 0.2) is 5.69 Å². The Hall–Kier alpha value is -2.88. The van der Waals surface area contributed by atoms with Crippen molar-refractivity contribution in [2.75, 3.05) is 14.2 Å². The molecule has 0 spiro atoms. The van der Waals surface area contributed by atoms with E-state index in [-0.39, 0.29) is 18.1 Å². The first-order valence-electron chi connectivity index (χ1n) is 11.6. The molecule has 1 aliphatic rings. The summed E-state index contributed by atoms with van der Waals surface area (Å²) in [6.45, 7) is 9.54. The van der Waals surface area contributed by atoms with E-state index < -0.39 is 18.1 Å². The summed E-state index contributed by atoms with van der Waals surface area (Å²) < 4.78 is 13.4. The van der Waals surface area contributed by atoms with Gasteiger partial charge in [0, 0.05) is 46.6 Å². The van der Waals surface area contributed by atoms with Crippen molar-refractivity contribution in [3.8, 4) is 28.4 Å². The van der Waals surface area contributed by atoms with E-state index in [4.69, 9.17) is 14.6 Å². The molecule has 1 aliphatic heterocycles. The lowest BCUT2D eigenvalue weighted by atomic mass is 9.90. The number of thiophene rings is 1. The van der Waals surface area contributed by atoms with Gasteiger partial charge in [-0.25, -0.2) is 4.68 Å². The molecule has 0 fully saturated rings. The molecule has 0 saturated carbocycles. The van der Waals surface area contributed by atoms with Gasteiger partial charge in [-0.3, -0.25) is 4.79 Å². The summed E-state index contributed by atoms with van der Waals surface area (Å²) in [6, 6.07) is 5.52. The molecule has 1 amide bonds. The van der Waals surface area contributed by atoms with Gasteiger partial charge >= 0.3 is 0 Å². The lowest BCUT2D eigenvalue weighted by Crippen LogP contribution is -2.43. The Bertz CT molecular complexity index is 1230. The van der Waals surface area contributed by atoms with E-state index in [2.05, 4.69) is 0 Å². The molecule has 3 aromatic rings. The van der Waals surface area contributed by atoms with Crippen LogP contribution < -0.4 is 9.47 Å². The van der Waals surface area contributed by atoms with Crippen molar-refractivity contribution >= 4 is 17.2 Å². The number of benzene rings is 1. The predicted molar refractivity (Wildman–Crippen MR) is 135 cm³/mol.